The zero-order valence-corrected chi connectivity index (χ0v) is 13.8. The lowest BCUT2D eigenvalue weighted by atomic mass is 10.1. The van der Waals surface area contributed by atoms with Crippen LogP contribution in [0.4, 0.5) is 0 Å². The third kappa shape index (κ3) is 6.45. The van der Waals surface area contributed by atoms with Crippen molar-refractivity contribution in [2.75, 3.05) is 33.2 Å². The second-order valence-corrected chi connectivity index (χ2v) is 4.80. The highest BCUT2D eigenvalue weighted by molar-refractivity contribution is 14.0. The molecule has 0 saturated carbocycles. The predicted octanol–water partition coefficient (Wildman–Crippen LogP) is 1.52. The fourth-order valence-electron chi connectivity index (χ4n) is 2.08. The van der Waals surface area contributed by atoms with Crippen LogP contribution in [0.1, 0.15) is 27.2 Å². The van der Waals surface area contributed by atoms with Gasteiger partial charge in [0.25, 0.3) is 0 Å². The van der Waals surface area contributed by atoms with Crippen molar-refractivity contribution >= 4 is 29.9 Å². The Bertz CT molecular complexity index is 231. The number of hydrogen-bond acceptors (Lipinski definition) is 2. The minimum Gasteiger partial charge on any atom is -0.356 e. The van der Waals surface area contributed by atoms with E-state index in [1.807, 2.05) is 7.05 Å². The molecule has 1 fully saturated rings. The number of nitrogens with zero attached hydrogens (tertiary/aromatic N) is 2. The fraction of sp³-hybridized carbons (Fsp3) is 0.917. The summed E-state index contributed by atoms with van der Waals surface area (Å²) >= 11 is 0. The molecule has 2 N–H and O–H groups in total. The zero-order valence-electron chi connectivity index (χ0n) is 11.5. The molecule has 0 radical (unpaired) electrons. The lowest BCUT2D eigenvalue weighted by Crippen LogP contribution is -2.43. The molecule has 0 aromatic rings. The van der Waals surface area contributed by atoms with E-state index in [0.29, 0.717) is 6.04 Å². The maximum Gasteiger partial charge on any atom is 0.191 e. The van der Waals surface area contributed by atoms with Gasteiger partial charge >= 0.3 is 0 Å². The topological polar surface area (TPSA) is 39.7 Å². The van der Waals surface area contributed by atoms with Crippen molar-refractivity contribution in [1.29, 1.82) is 0 Å². The van der Waals surface area contributed by atoms with Crippen molar-refractivity contribution < 1.29 is 0 Å². The maximum atomic E-state index is 4.21. The van der Waals surface area contributed by atoms with Crippen molar-refractivity contribution in [2.24, 2.45) is 10.9 Å². The van der Waals surface area contributed by atoms with Gasteiger partial charge in [0.15, 0.2) is 5.96 Å². The van der Waals surface area contributed by atoms with Gasteiger partial charge in [-0.15, -0.1) is 24.0 Å². The Morgan fingerprint density at radius 3 is 2.65 bits per heavy atom. The summed E-state index contributed by atoms with van der Waals surface area (Å²) in [6.45, 7) is 11.2. The summed E-state index contributed by atoms with van der Waals surface area (Å²) in [5.41, 5.74) is 0. The molecule has 0 spiro atoms. The van der Waals surface area contributed by atoms with Crippen LogP contribution in [-0.2, 0) is 0 Å². The van der Waals surface area contributed by atoms with Gasteiger partial charge in [0.05, 0.1) is 0 Å². The van der Waals surface area contributed by atoms with Crippen molar-refractivity contribution in [3.8, 4) is 0 Å². The molecular formula is C12H27IN4. The summed E-state index contributed by atoms with van der Waals surface area (Å²) in [6.07, 6.45) is 1.31. The summed E-state index contributed by atoms with van der Waals surface area (Å²) < 4.78 is 0. The van der Waals surface area contributed by atoms with Gasteiger partial charge in [-0.1, -0.05) is 6.92 Å². The largest absolute Gasteiger partial charge is 0.356 e. The van der Waals surface area contributed by atoms with Gasteiger partial charge in [-0.3, -0.25) is 4.99 Å². The Balaban J connectivity index is 0.00000256. The van der Waals surface area contributed by atoms with Gasteiger partial charge in [0, 0.05) is 26.2 Å². The first kappa shape index (κ1) is 17.0. The van der Waals surface area contributed by atoms with Crippen molar-refractivity contribution in [2.45, 2.75) is 33.2 Å². The standard InChI is InChI=1S/C12H26N4.HI/c1-5-16-7-6-11(9-16)8-14-12(13-4)15-10(2)3;/h10-11H,5-9H2,1-4H3,(H2,13,14,15);1H. The summed E-state index contributed by atoms with van der Waals surface area (Å²) in [6, 6.07) is 0.432. The highest BCUT2D eigenvalue weighted by atomic mass is 127. The van der Waals surface area contributed by atoms with Gasteiger partial charge in [0.1, 0.15) is 0 Å². The molecule has 102 valence electrons. The summed E-state index contributed by atoms with van der Waals surface area (Å²) in [7, 11) is 1.82. The number of halogens is 1. The number of aliphatic imine (C=N–C) groups is 1. The Kier molecular flexibility index (Phi) is 8.94. The van der Waals surface area contributed by atoms with Gasteiger partial charge in [-0.05, 0) is 39.3 Å². The molecule has 4 nitrogen and oxygen atoms in total. The molecule has 17 heavy (non-hydrogen) atoms. The van der Waals surface area contributed by atoms with Crippen molar-refractivity contribution in [3.63, 3.8) is 0 Å². The van der Waals surface area contributed by atoms with E-state index < -0.39 is 0 Å². The highest BCUT2D eigenvalue weighted by Crippen LogP contribution is 2.14. The number of likely N-dealkylation sites (tertiary alicyclic amines) is 1. The quantitative estimate of drug-likeness (QED) is 0.457. The third-order valence-corrected chi connectivity index (χ3v) is 3.02. The van der Waals surface area contributed by atoms with Crippen LogP contribution in [0.2, 0.25) is 0 Å². The van der Waals surface area contributed by atoms with Gasteiger partial charge in [-0.25, -0.2) is 0 Å². The normalized spacial score (nSPS) is 21.5. The van der Waals surface area contributed by atoms with E-state index in [0.717, 1.165) is 18.4 Å². The molecule has 1 aliphatic rings. The van der Waals surface area contributed by atoms with E-state index in [1.165, 1.54) is 26.1 Å². The third-order valence-electron chi connectivity index (χ3n) is 3.02. The SMILES string of the molecule is CCN1CCC(CNC(=NC)NC(C)C)C1.I. The van der Waals surface area contributed by atoms with Crippen LogP contribution in [-0.4, -0.2) is 50.1 Å². The van der Waals surface area contributed by atoms with Crippen LogP contribution in [0.15, 0.2) is 4.99 Å². The van der Waals surface area contributed by atoms with Gasteiger partial charge in [0.2, 0.25) is 0 Å². The van der Waals surface area contributed by atoms with E-state index in [4.69, 9.17) is 0 Å². The average Bonchev–Trinajstić information content (AvgIpc) is 2.71. The predicted molar refractivity (Wildman–Crippen MR) is 85.3 cm³/mol. The van der Waals surface area contributed by atoms with Crippen LogP contribution in [0.3, 0.4) is 0 Å². The minimum absolute atomic E-state index is 0. The van der Waals surface area contributed by atoms with Crippen molar-refractivity contribution in [3.05, 3.63) is 0 Å². The van der Waals surface area contributed by atoms with E-state index in [9.17, 15) is 0 Å². The monoisotopic (exact) mass is 354 g/mol. The molecule has 1 unspecified atom stereocenters. The van der Waals surface area contributed by atoms with Crippen LogP contribution in [0.25, 0.3) is 0 Å². The second-order valence-electron chi connectivity index (χ2n) is 4.80. The molecule has 0 aliphatic carbocycles. The first-order valence-electron chi connectivity index (χ1n) is 6.35. The van der Waals surface area contributed by atoms with Crippen molar-refractivity contribution in [1.82, 2.24) is 15.5 Å². The number of rotatable bonds is 4. The summed E-state index contributed by atoms with van der Waals surface area (Å²) in [4.78, 5) is 6.71. The smallest absolute Gasteiger partial charge is 0.191 e. The van der Waals surface area contributed by atoms with Gasteiger partial charge in [-0.2, -0.15) is 0 Å². The Morgan fingerprint density at radius 2 is 2.18 bits per heavy atom. The number of guanidine groups is 1. The summed E-state index contributed by atoms with van der Waals surface area (Å²) in [5, 5.41) is 6.70. The molecule has 0 bridgehead atoms. The molecule has 1 rings (SSSR count). The molecule has 5 heteroatoms. The fourth-order valence-corrected chi connectivity index (χ4v) is 2.08. The Morgan fingerprint density at radius 1 is 1.47 bits per heavy atom. The molecule has 0 amide bonds. The molecule has 1 heterocycles. The average molecular weight is 354 g/mol. The van der Waals surface area contributed by atoms with E-state index in [-0.39, 0.29) is 24.0 Å². The Hall–Kier alpha value is -0.0400. The molecule has 1 atom stereocenters. The Labute approximate surface area is 123 Å². The van der Waals surface area contributed by atoms with Crippen LogP contribution >= 0.6 is 24.0 Å². The van der Waals surface area contributed by atoms with E-state index in [1.54, 1.807) is 0 Å². The van der Waals surface area contributed by atoms with Crippen LogP contribution < -0.4 is 10.6 Å². The first-order chi connectivity index (χ1) is 7.65. The van der Waals surface area contributed by atoms with Crippen LogP contribution in [0.5, 0.6) is 0 Å². The van der Waals surface area contributed by atoms with E-state index in [2.05, 4.69) is 41.3 Å². The van der Waals surface area contributed by atoms with E-state index >= 15 is 0 Å². The molecule has 1 aliphatic heterocycles. The summed E-state index contributed by atoms with van der Waals surface area (Å²) in [5.74, 6) is 1.69. The number of nitrogens with one attached hydrogen (secondary N) is 2. The first-order valence-corrected chi connectivity index (χ1v) is 6.35. The second kappa shape index (κ2) is 8.97. The lowest BCUT2D eigenvalue weighted by Gasteiger charge is -2.17. The lowest BCUT2D eigenvalue weighted by molar-refractivity contribution is 0.341. The van der Waals surface area contributed by atoms with Gasteiger partial charge < -0.3 is 15.5 Å². The molecule has 1 saturated heterocycles. The van der Waals surface area contributed by atoms with Crippen LogP contribution in [0, 0.1) is 5.92 Å². The highest BCUT2D eigenvalue weighted by Gasteiger charge is 2.20. The molecule has 0 aromatic heterocycles. The molecular weight excluding hydrogens is 327 g/mol. The number of hydrogen-bond donors (Lipinski definition) is 2. The zero-order chi connectivity index (χ0) is 12.0. The maximum absolute atomic E-state index is 4.21. The minimum atomic E-state index is 0. The molecule has 0 aromatic carbocycles.